The molecule has 1 fully saturated rings. The number of benzene rings is 1. The Balaban J connectivity index is 1.67. The van der Waals surface area contributed by atoms with Gasteiger partial charge in [0.1, 0.15) is 5.75 Å². The van der Waals surface area contributed by atoms with Crippen LogP contribution in [0.5, 0.6) is 5.75 Å². The van der Waals surface area contributed by atoms with Gasteiger partial charge in [-0.15, -0.1) is 0 Å². The van der Waals surface area contributed by atoms with E-state index in [1.54, 1.807) is 5.57 Å². The SMILES string of the molecule is CC(=O)Oc1ccc2c(c1)CC=C1C2CC[C@]2(C)C=CCC12. The van der Waals surface area contributed by atoms with E-state index < -0.39 is 0 Å². The molecule has 2 nitrogen and oxygen atoms in total. The van der Waals surface area contributed by atoms with Crippen molar-refractivity contribution in [3.8, 4) is 5.75 Å². The van der Waals surface area contributed by atoms with Crippen molar-refractivity contribution in [2.75, 3.05) is 0 Å². The highest BCUT2D eigenvalue weighted by Gasteiger charge is 2.44. The third-order valence-corrected chi connectivity index (χ3v) is 5.75. The van der Waals surface area contributed by atoms with Crippen LogP contribution in [0.1, 0.15) is 50.2 Å². The lowest BCUT2D eigenvalue weighted by molar-refractivity contribution is -0.131. The number of hydrogen-bond donors (Lipinski definition) is 0. The van der Waals surface area contributed by atoms with Crippen molar-refractivity contribution in [2.24, 2.45) is 11.3 Å². The summed E-state index contributed by atoms with van der Waals surface area (Å²) in [5.74, 6) is 1.67. The standard InChI is InChI=1S/C20H22O2/c1-13(21)22-15-6-8-16-14(12-15)5-7-18-17(16)9-11-20(2)10-3-4-19(18)20/h3,6-8,10,12,17,19H,4-5,9,11H2,1-2H3/t17?,19?,20-/m0/s1. The fourth-order valence-corrected chi connectivity index (χ4v) is 4.67. The second kappa shape index (κ2) is 4.84. The maximum absolute atomic E-state index is 11.1. The van der Waals surface area contributed by atoms with E-state index in [2.05, 4.69) is 31.2 Å². The molecule has 0 bridgehead atoms. The van der Waals surface area contributed by atoms with E-state index in [1.165, 1.54) is 37.3 Å². The molecule has 0 amide bonds. The minimum absolute atomic E-state index is 0.252. The molecule has 0 N–H and O–H groups in total. The van der Waals surface area contributed by atoms with Gasteiger partial charge in [-0.3, -0.25) is 4.79 Å². The minimum Gasteiger partial charge on any atom is -0.427 e. The van der Waals surface area contributed by atoms with Crippen molar-refractivity contribution in [2.45, 2.75) is 45.4 Å². The van der Waals surface area contributed by atoms with Crippen molar-refractivity contribution >= 4 is 5.97 Å². The van der Waals surface area contributed by atoms with Crippen LogP contribution in [0.2, 0.25) is 0 Å². The van der Waals surface area contributed by atoms with Crippen LogP contribution in [0, 0.1) is 11.3 Å². The summed E-state index contributed by atoms with van der Waals surface area (Å²) in [6, 6.07) is 6.17. The Morgan fingerprint density at radius 3 is 3.05 bits per heavy atom. The van der Waals surface area contributed by atoms with Crippen LogP contribution in [-0.2, 0) is 11.2 Å². The molecular weight excluding hydrogens is 272 g/mol. The second-order valence-electron chi connectivity index (χ2n) is 7.15. The molecule has 0 aliphatic heterocycles. The molecular formula is C20H22O2. The van der Waals surface area contributed by atoms with E-state index in [-0.39, 0.29) is 5.97 Å². The molecule has 4 rings (SSSR count). The molecule has 0 heterocycles. The highest BCUT2D eigenvalue weighted by Crippen LogP contribution is 2.56. The first kappa shape index (κ1) is 13.8. The van der Waals surface area contributed by atoms with Crippen LogP contribution in [0.25, 0.3) is 0 Å². The van der Waals surface area contributed by atoms with Crippen molar-refractivity contribution in [1.82, 2.24) is 0 Å². The smallest absolute Gasteiger partial charge is 0.308 e. The molecule has 1 saturated carbocycles. The molecule has 0 saturated heterocycles. The van der Waals surface area contributed by atoms with Gasteiger partial charge in [-0.05, 0) is 60.3 Å². The number of rotatable bonds is 1. The van der Waals surface area contributed by atoms with Crippen LogP contribution in [0.3, 0.4) is 0 Å². The van der Waals surface area contributed by atoms with Crippen LogP contribution in [-0.4, -0.2) is 5.97 Å². The lowest BCUT2D eigenvalue weighted by Gasteiger charge is -2.44. The van der Waals surface area contributed by atoms with Crippen molar-refractivity contribution in [3.05, 3.63) is 53.1 Å². The van der Waals surface area contributed by atoms with Crippen LogP contribution < -0.4 is 4.74 Å². The highest BCUT2D eigenvalue weighted by molar-refractivity contribution is 5.69. The maximum atomic E-state index is 11.1. The predicted molar refractivity (Wildman–Crippen MR) is 86.9 cm³/mol. The van der Waals surface area contributed by atoms with Gasteiger partial charge in [0.15, 0.2) is 0 Å². The van der Waals surface area contributed by atoms with Gasteiger partial charge in [-0.25, -0.2) is 0 Å². The lowest BCUT2D eigenvalue weighted by atomic mass is 9.60. The first-order chi connectivity index (χ1) is 10.6. The maximum Gasteiger partial charge on any atom is 0.308 e. The topological polar surface area (TPSA) is 26.3 Å². The number of allylic oxidation sites excluding steroid dienone is 4. The van der Waals surface area contributed by atoms with Crippen LogP contribution >= 0.6 is 0 Å². The van der Waals surface area contributed by atoms with Gasteiger partial charge in [0.25, 0.3) is 0 Å². The van der Waals surface area contributed by atoms with E-state index in [1.807, 2.05) is 12.1 Å². The molecule has 2 unspecified atom stereocenters. The van der Waals surface area contributed by atoms with Crippen LogP contribution in [0.15, 0.2) is 42.0 Å². The first-order valence-electron chi connectivity index (χ1n) is 8.26. The molecule has 3 atom stereocenters. The number of ether oxygens (including phenoxy) is 1. The zero-order valence-corrected chi connectivity index (χ0v) is 13.3. The highest BCUT2D eigenvalue weighted by atomic mass is 16.5. The van der Waals surface area contributed by atoms with Gasteiger partial charge in [0.05, 0.1) is 0 Å². The summed E-state index contributed by atoms with van der Waals surface area (Å²) in [5, 5.41) is 0. The van der Waals surface area contributed by atoms with Crippen molar-refractivity contribution < 1.29 is 9.53 Å². The molecule has 3 aliphatic rings. The van der Waals surface area contributed by atoms with Gasteiger partial charge in [-0.2, -0.15) is 0 Å². The molecule has 1 aromatic carbocycles. The number of esters is 1. The van der Waals surface area contributed by atoms with Gasteiger partial charge in [0, 0.05) is 12.8 Å². The molecule has 22 heavy (non-hydrogen) atoms. The van der Waals surface area contributed by atoms with E-state index in [4.69, 9.17) is 4.74 Å². The minimum atomic E-state index is -0.252. The van der Waals surface area contributed by atoms with Crippen LogP contribution in [0.4, 0.5) is 0 Å². The Kier molecular flexibility index (Phi) is 3.04. The summed E-state index contributed by atoms with van der Waals surface area (Å²) >= 11 is 0. The third-order valence-electron chi connectivity index (χ3n) is 5.75. The van der Waals surface area contributed by atoms with E-state index >= 15 is 0 Å². The largest absolute Gasteiger partial charge is 0.427 e. The Labute approximate surface area is 131 Å². The van der Waals surface area contributed by atoms with E-state index in [0.29, 0.717) is 23.0 Å². The normalized spacial score (nSPS) is 31.8. The van der Waals surface area contributed by atoms with Gasteiger partial charge >= 0.3 is 5.97 Å². The predicted octanol–water partition coefficient (Wildman–Crippen LogP) is 4.55. The Hall–Kier alpha value is -1.83. The fraction of sp³-hybridized carbons (Fsp3) is 0.450. The second-order valence-corrected chi connectivity index (χ2v) is 7.15. The average molecular weight is 294 g/mol. The molecule has 0 radical (unpaired) electrons. The quantitative estimate of drug-likeness (QED) is 0.431. The van der Waals surface area contributed by atoms with E-state index in [0.717, 1.165) is 6.42 Å². The number of carbonyl (C=O) groups is 1. The zero-order chi connectivity index (χ0) is 15.3. The summed E-state index contributed by atoms with van der Waals surface area (Å²) in [6.45, 7) is 3.87. The number of fused-ring (bicyclic) bond motifs is 5. The monoisotopic (exact) mass is 294 g/mol. The molecule has 0 aromatic heterocycles. The molecule has 1 aromatic rings. The lowest BCUT2D eigenvalue weighted by Crippen LogP contribution is -2.33. The Morgan fingerprint density at radius 1 is 1.36 bits per heavy atom. The summed E-state index contributed by atoms with van der Waals surface area (Å²) in [6.07, 6.45) is 11.9. The fourth-order valence-electron chi connectivity index (χ4n) is 4.67. The Morgan fingerprint density at radius 2 is 2.23 bits per heavy atom. The van der Waals surface area contributed by atoms with Crippen molar-refractivity contribution in [3.63, 3.8) is 0 Å². The van der Waals surface area contributed by atoms with Gasteiger partial charge < -0.3 is 4.74 Å². The summed E-state index contributed by atoms with van der Waals surface area (Å²) in [7, 11) is 0. The van der Waals surface area contributed by atoms with Crippen molar-refractivity contribution in [1.29, 1.82) is 0 Å². The summed E-state index contributed by atoms with van der Waals surface area (Å²) in [5.41, 5.74) is 4.79. The van der Waals surface area contributed by atoms with Gasteiger partial charge in [-0.1, -0.05) is 36.8 Å². The zero-order valence-electron chi connectivity index (χ0n) is 13.3. The number of carbonyl (C=O) groups excluding carboxylic acids is 1. The summed E-state index contributed by atoms with van der Waals surface area (Å²) < 4.78 is 5.23. The summed E-state index contributed by atoms with van der Waals surface area (Å²) in [4.78, 5) is 11.1. The van der Waals surface area contributed by atoms with E-state index in [9.17, 15) is 4.79 Å². The first-order valence-corrected chi connectivity index (χ1v) is 8.26. The molecule has 0 spiro atoms. The third kappa shape index (κ3) is 2.05. The molecule has 114 valence electrons. The Bertz CT molecular complexity index is 698. The molecule has 3 aliphatic carbocycles. The average Bonchev–Trinajstić information content (AvgIpc) is 2.88. The van der Waals surface area contributed by atoms with Gasteiger partial charge in [0.2, 0.25) is 0 Å². The molecule has 2 heteroatoms. The number of hydrogen-bond acceptors (Lipinski definition) is 2.